The molecule has 0 bridgehead atoms. The van der Waals surface area contributed by atoms with E-state index in [0.717, 1.165) is 27.7 Å². The molecule has 0 radical (unpaired) electrons. The predicted molar refractivity (Wildman–Crippen MR) is 83.7 cm³/mol. The lowest BCUT2D eigenvalue weighted by Crippen LogP contribution is -2.13. The normalized spacial score (nSPS) is 16.8. The van der Waals surface area contributed by atoms with Crippen LogP contribution in [-0.4, -0.2) is 10.9 Å². The number of carbonyl (C=O) groups is 1. The molecule has 1 N–H and O–H groups in total. The zero-order chi connectivity index (χ0) is 14.4. The van der Waals surface area contributed by atoms with E-state index in [1.807, 2.05) is 42.5 Å². The Morgan fingerprint density at radius 2 is 1.95 bits per heavy atom. The number of rotatable bonds is 1. The molecule has 1 unspecified atom stereocenters. The number of amides is 1. The van der Waals surface area contributed by atoms with E-state index in [1.165, 1.54) is 0 Å². The van der Waals surface area contributed by atoms with E-state index in [2.05, 4.69) is 10.3 Å². The van der Waals surface area contributed by atoms with E-state index in [9.17, 15) is 4.79 Å². The predicted octanol–water partition coefficient (Wildman–Crippen LogP) is 3.97. The fourth-order valence-corrected chi connectivity index (χ4v) is 2.98. The van der Waals surface area contributed by atoms with Crippen LogP contribution < -0.4 is 5.32 Å². The molecule has 3 aromatic rings. The van der Waals surface area contributed by atoms with Gasteiger partial charge in [0.1, 0.15) is 0 Å². The summed E-state index contributed by atoms with van der Waals surface area (Å²) >= 11 is 5.98. The van der Waals surface area contributed by atoms with E-state index in [1.54, 1.807) is 12.3 Å². The number of benzene rings is 2. The number of carbonyl (C=O) groups excluding carboxylic acids is 1. The number of fused-ring (bicyclic) bond motifs is 2. The smallest absolute Gasteiger partial charge is 0.236 e. The standard InChI is InChI=1S/C17H11ClN2O/c18-12-5-6-13-15(8-12)20-17(21)16(13)11-7-10-3-1-2-4-14(10)19-9-11/h1-9,16H,(H,20,21). The maximum absolute atomic E-state index is 12.3. The molecule has 1 amide bonds. The molecular weight excluding hydrogens is 284 g/mol. The summed E-state index contributed by atoms with van der Waals surface area (Å²) in [6.07, 6.45) is 1.77. The van der Waals surface area contributed by atoms with Gasteiger partial charge in [-0.3, -0.25) is 9.78 Å². The van der Waals surface area contributed by atoms with Crippen molar-refractivity contribution in [2.75, 3.05) is 5.32 Å². The van der Waals surface area contributed by atoms with Crippen molar-refractivity contribution in [3.63, 3.8) is 0 Å². The van der Waals surface area contributed by atoms with Gasteiger partial charge in [0.2, 0.25) is 5.91 Å². The van der Waals surface area contributed by atoms with Gasteiger partial charge in [-0.1, -0.05) is 35.9 Å². The van der Waals surface area contributed by atoms with E-state index < -0.39 is 0 Å². The molecule has 1 atom stereocenters. The highest BCUT2D eigenvalue weighted by Gasteiger charge is 2.32. The van der Waals surface area contributed by atoms with Crippen molar-refractivity contribution >= 4 is 34.1 Å². The van der Waals surface area contributed by atoms with E-state index in [0.29, 0.717) is 5.02 Å². The van der Waals surface area contributed by atoms with Gasteiger partial charge in [0, 0.05) is 22.3 Å². The van der Waals surface area contributed by atoms with Gasteiger partial charge in [-0.2, -0.15) is 0 Å². The van der Waals surface area contributed by atoms with Gasteiger partial charge in [-0.05, 0) is 35.4 Å². The van der Waals surface area contributed by atoms with Crippen molar-refractivity contribution < 1.29 is 4.79 Å². The van der Waals surface area contributed by atoms with Crippen LogP contribution in [-0.2, 0) is 4.79 Å². The number of para-hydroxylation sites is 1. The van der Waals surface area contributed by atoms with Gasteiger partial charge in [0.25, 0.3) is 0 Å². The Morgan fingerprint density at radius 3 is 2.86 bits per heavy atom. The monoisotopic (exact) mass is 294 g/mol. The van der Waals surface area contributed by atoms with Crippen LogP contribution in [0.3, 0.4) is 0 Å². The molecule has 0 aliphatic carbocycles. The molecule has 2 heterocycles. The van der Waals surface area contributed by atoms with Crippen molar-refractivity contribution in [2.24, 2.45) is 0 Å². The molecule has 1 aliphatic heterocycles. The topological polar surface area (TPSA) is 42.0 Å². The Labute approximate surface area is 126 Å². The first-order valence-corrected chi connectivity index (χ1v) is 7.05. The molecule has 0 spiro atoms. The maximum Gasteiger partial charge on any atom is 0.236 e. The molecule has 21 heavy (non-hydrogen) atoms. The van der Waals surface area contributed by atoms with Crippen molar-refractivity contribution in [1.82, 2.24) is 4.98 Å². The highest BCUT2D eigenvalue weighted by molar-refractivity contribution is 6.31. The summed E-state index contributed by atoms with van der Waals surface area (Å²) in [6.45, 7) is 0. The van der Waals surface area contributed by atoms with Crippen LogP contribution in [0.25, 0.3) is 10.9 Å². The second-order valence-electron chi connectivity index (χ2n) is 5.12. The highest BCUT2D eigenvalue weighted by atomic mass is 35.5. The van der Waals surface area contributed by atoms with Gasteiger partial charge >= 0.3 is 0 Å². The minimum atomic E-state index is -0.325. The Bertz CT molecular complexity index is 876. The first-order valence-electron chi connectivity index (χ1n) is 6.67. The van der Waals surface area contributed by atoms with Crippen LogP contribution in [0, 0.1) is 0 Å². The average molecular weight is 295 g/mol. The lowest BCUT2D eigenvalue weighted by molar-refractivity contribution is -0.116. The van der Waals surface area contributed by atoms with Gasteiger partial charge in [0.15, 0.2) is 0 Å². The molecule has 0 saturated carbocycles. The number of anilines is 1. The molecule has 1 aromatic heterocycles. The summed E-state index contributed by atoms with van der Waals surface area (Å²) in [7, 11) is 0. The molecule has 1 aliphatic rings. The second-order valence-corrected chi connectivity index (χ2v) is 5.55. The zero-order valence-corrected chi connectivity index (χ0v) is 11.8. The Morgan fingerprint density at radius 1 is 1.10 bits per heavy atom. The Balaban J connectivity index is 1.87. The molecule has 4 heteroatoms. The molecule has 0 saturated heterocycles. The number of aromatic nitrogens is 1. The largest absolute Gasteiger partial charge is 0.325 e. The van der Waals surface area contributed by atoms with Crippen LogP contribution in [0.2, 0.25) is 5.02 Å². The van der Waals surface area contributed by atoms with Crippen LogP contribution in [0.5, 0.6) is 0 Å². The van der Waals surface area contributed by atoms with Crippen LogP contribution in [0.15, 0.2) is 54.7 Å². The third kappa shape index (κ3) is 1.98. The fraction of sp³-hybridized carbons (Fsp3) is 0.0588. The molecule has 0 fully saturated rings. The number of halogens is 1. The van der Waals surface area contributed by atoms with Crippen molar-refractivity contribution in [3.8, 4) is 0 Å². The number of hydrogen-bond donors (Lipinski definition) is 1. The Kier molecular flexibility index (Phi) is 2.69. The van der Waals surface area contributed by atoms with Crippen molar-refractivity contribution in [2.45, 2.75) is 5.92 Å². The summed E-state index contributed by atoms with van der Waals surface area (Å²) in [4.78, 5) is 16.7. The third-order valence-corrected chi connectivity index (χ3v) is 4.03. The maximum atomic E-state index is 12.3. The summed E-state index contributed by atoms with van der Waals surface area (Å²) in [5, 5.41) is 4.53. The molecule has 4 rings (SSSR count). The summed E-state index contributed by atoms with van der Waals surface area (Å²) in [5.41, 5.74) is 3.55. The van der Waals surface area contributed by atoms with Crippen molar-refractivity contribution in [3.05, 3.63) is 70.9 Å². The van der Waals surface area contributed by atoms with Gasteiger partial charge in [-0.15, -0.1) is 0 Å². The fourth-order valence-electron chi connectivity index (χ4n) is 2.81. The average Bonchev–Trinajstić information content (AvgIpc) is 2.81. The molecule has 102 valence electrons. The van der Waals surface area contributed by atoms with E-state index >= 15 is 0 Å². The van der Waals surface area contributed by atoms with Crippen LogP contribution in [0.4, 0.5) is 5.69 Å². The quantitative estimate of drug-likeness (QED) is 0.738. The number of pyridine rings is 1. The molecule has 2 aromatic carbocycles. The summed E-state index contributed by atoms with van der Waals surface area (Å²) in [6, 6.07) is 15.4. The van der Waals surface area contributed by atoms with E-state index in [-0.39, 0.29) is 11.8 Å². The number of nitrogens with one attached hydrogen (secondary N) is 1. The highest BCUT2D eigenvalue weighted by Crippen LogP contribution is 2.38. The number of hydrogen-bond acceptors (Lipinski definition) is 2. The first kappa shape index (κ1) is 12.4. The summed E-state index contributed by atoms with van der Waals surface area (Å²) < 4.78 is 0. The van der Waals surface area contributed by atoms with Crippen LogP contribution in [0.1, 0.15) is 17.0 Å². The molecular formula is C17H11ClN2O. The minimum Gasteiger partial charge on any atom is -0.325 e. The van der Waals surface area contributed by atoms with Gasteiger partial charge < -0.3 is 5.32 Å². The van der Waals surface area contributed by atoms with Gasteiger partial charge in [-0.25, -0.2) is 0 Å². The minimum absolute atomic E-state index is 0.0376. The summed E-state index contributed by atoms with van der Waals surface area (Å²) in [5.74, 6) is -0.362. The lowest BCUT2D eigenvalue weighted by Gasteiger charge is -2.10. The zero-order valence-electron chi connectivity index (χ0n) is 11.0. The number of nitrogens with zero attached hydrogens (tertiary/aromatic N) is 1. The van der Waals surface area contributed by atoms with Crippen LogP contribution >= 0.6 is 11.6 Å². The Hall–Kier alpha value is -2.39. The van der Waals surface area contributed by atoms with E-state index in [4.69, 9.17) is 11.6 Å². The second kappa shape index (κ2) is 4.57. The SMILES string of the molecule is O=C1Nc2cc(Cl)ccc2C1c1cnc2ccccc2c1. The van der Waals surface area contributed by atoms with Crippen molar-refractivity contribution in [1.29, 1.82) is 0 Å². The lowest BCUT2D eigenvalue weighted by atomic mass is 9.93. The van der Waals surface area contributed by atoms with Gasteiger partial charge in [0.05, 0.1) is 11.4 Å². The first-order chi connectivity index (χ1) is 10.2. The molecule has 3 nitrogen and oxygen atoms in total. The third-order valence-electron chi connectivity index (χ3n) is 3.79.